The monoisotopic (exact) mass is 263 g/mol. The average Bonchev–Trinajstić information content (AvgIpc) is 2.96. The van der Waals surface area contributed by atoms with Gasteiger partial charge < -0.3 is 10.3 Å². The minimum atomic E-state index is 0.399. The Morgan fingerprint density at radius 3 is 2.83 bits per heavy atom. The van der Waals surface area contributed by atoms with E-state index >= 15 is 0 Å². The summed E-state index contributed by atoms with van der Waals surface area (Å²) in [6.07, 6.45) is 5.26. The van der Waals surface area contributed by atoms with E-state index in [9.17, 15) is 0 Å². The maximum Gasteiger partial charge on any atom is 0.201 e. The van der Waals surface area contributed by atoms with Gasteiger partial charge in [0.25, 0.3) is 0 Å². The van der Waals surface area contributed by atoms with E-state index < -0.39 is 0 Å². The van der Waals surface area contributed by atoms with Crippen molar-refractivity contribution in [2.75, 3.05) is 5.73 Å². The van der Waals surface area contributed by atoms with Crippen LogP contribution in [0.3, 0.4) is 0 Å². The smallest absolute Gasteiger partial charge is 0.201 e. The Labute approximate surface area is 112 Å². The first-order valence-corrected chi connectivity index (χ1v) is 6.98. The van der Waals surface area contributed by atoms with Crippen LogP contribution in [0.4, 0.5) is 5.95 Å². The number of imidazole rings is 1. The fraction of sp³-hybridized carbons (Fsp3) is 0.500. The summed E-state index contributed by atoms with van der Waals surface area (Å²) in [5.74, 6) is 1.29. The zero-order valence-corrected chi connectivity index (χ0v) is 11.3. The van der Waals surface area contributed by atoms with E-state index in [1.165, 1.54) is 25.7 Å². The fourth-order valence-electron chi connectivity index (χ4n) is 3.18. The van der Waals surface area contributed by atoms with Crippen LogP contribution in [0.25, 0.3) is 11.0 Å². The first-order valence-electron chi connectivity index (χ1n) is 6.60. The van der Waals surface area contributed by atoms with Crippen molar-refractivity contribution in [2.24, 2.45) is 5.92 Å². The van der Waals surface area contributed by atoms with Crippen LogP contribution in [0.15, 0.2) is 18.2 Å². The molecular formula is C14H18ClN3. The minimum absolute atomic E-state index is 0.399. The molecule has 1 aromatic carbocycles. The second-order valence-corrected chi connectivity index (χ2v) is 5.64. The molecule has 0 aliphatic heterocycles. The highest BCUT2D eigenvalue weighted by Crippen LogP contribution is 2.37. The molecule has 0 bridgehead atoms. The highest BCUT2D eigenvalue weighted by molar-refractivity contribution is 6.35. The molecular weight excluding hydrogens is 246 g/mol. The Kier molecular flexibility index (Phi) is 2.94. The van der Waals surface area contributed by atoms with Crippen molar-refractivity contribution in [3.8, 4) is 0 Å². The number of nitrogen functional groups attached to an aromatic ring is 1. The number of rotatable bonds is 2. The molecule has 3 rings (SSSR count). The lowest BCUT2D eigenvalue weighted by molar-refractivity contribution is 0.371. The van der Waals surface area contributed by atoms with Crippen LogP contribution in [0.1, 0.15) is 38.6 Å². The van der Waals surface area contributed by atoms with E-state index in [1.807, 2.05) is 12.1 Å². The number of fused-ring (bicyclic) bond motifs is 1. The Morgan fingerprint density at radius 2 is 2.11 bits per heavy atom. The van der Waals surface area contributed by atoms with E-state index in [-0.39, 0.29) is 0 Å². The number of hydrogen-bond donors (Lipinski definition) is 1. The second-order valence-electron chi connectivity index (χ2n) is 5.23. The molecule has 2 aromatic rings. The molecule has 18 heavy (non-hydrogen) atoms. The third-order valence-corrected chi connectivity index (χ3v) is 4.49. The minimum Gasteiger partial charge on any atom is -0.369 e. The van der Waals surface area contributed by atoms with Crippen molar-refractivity contribution in [3.63, 3.8) is 0 Å². The number of para-hydroxylation sites is 1. The Bertz CT molecular complexity index is 570. The van der Waals surface area contributed by atoms with Crippen LogP contribution in [0, 0.1) is 5.92 Å². The normalized spacial score (nSPS) is 18.6. The lowest BCUT2D eigenvalue weighted by Crippen LogP contribution is -2.16. The first kappa shape index (κ1) is 11.8. The van der Waals surface area contributed by atoms with Crippen LogP contribution < -0.4 is 5.73 Å². The third kappa shape index (κ3) is 1.77. The van der Waals surface area contributed by atoms with Crippen molar-refractivity contribution >= 4 is 28.6 Å². The van der Waals surface area contributed by atoms with E-state index in [2.05, 4.69) is 22.5 Å². The van der Waals surface area contributed by atoms with Gasteiger partial charge in [0.05, 0.1) is 10.5 Å². The summed E-state index contributed by atoms with van der Waals surface area (Å²) in [5, 5.41) is 0.677. The highest BCUT2D eigenvalue weighted by Gasteiger charge is 2.25. The molecule has 0 amide bonds. The Morgan fingerprint density at radius 1 is 1.39 bits per heavy atom. The van der Waals surface area contributed by atoms with Crippen molar-refractivity contribution in [1.82, 2.24) is 9.55 Å². The lowest BCUT2D eigenvalue weighted by atomic mass is 9.99. The van der Waals surface area contributed by atoms with Gasteiger partial charge >= 0.3 is 0 Å². The number of aromatic nitrogens is 2. The SMILES string of the molecule is CC(C1CCCC1)n1c(N)nc2c(Cl)cccc21. The van der Waals surface area contributed by atoms with Gasteiger partial charge in [-0.3, -0.25) is 0 Å². The van der Waals surface area contributed by atoms with Gasteiger partial charge in [-0.1, -0.05) is 30.5 Å². The molecule has 0 spiro atoms. The summed E-state index contributed by atoms with van der Waals surface area (Å²) in [7, 11) is 0. The molecule has 96 valence electrons. The molecule has 0 saturated heterocycles. The van der Waals surface area contributed by atoms with Crippen molar-refractivity contribution < 1.29 is 0 Å². The summed E-state index contributed by atoms with van der Waals surface area (Å²) < 4.78 is 2.15. The maximum absolute atomic E-state index is 6.18. The number of anilines is 1. The Hall–Kier alpha value is -1.22. The van der Waals surface area contributed by atoms with E-state index in [1.54, 1.807) is 0 Å². The molecule has 4 heteroatoms. The van der Waals surface area contributed by atoms with Crippen LogP contribution in [-0.4, -0.2) is 9.55 Å². The van der Waals surface area contributed by atoms with Gasteiger partial charge in [0.2, 0.25) is 5.95 Å². The van der Waals surface area contributed by atoms with Gasteiger partial charge in [0, 0.05) is 6.04 Å². The van der Waals surface area contributed by atoms with Gasteiger partial charge in [-0.15, -0.1) is 0 Å². The van der Waals surface area contributed by atoms with Gasteiger partial charge in [0.1, 0.15) is 5.52 Å². The molecule has 1 aromatic heterocycles. The summed E-state index contributed by atoms with van der Waals surface area (Å²) >= 11 is 6.18. The summed E-state index contributed by atoms with van der Waals surface area (Å²) in [4.78, 5) is 4.41. The molecule has 1 saturated carbocycles. The summed E-state index contributed by atoms with van der Waals surface area (Å²) in [5.41, 5.74) is 7.96. The summed E-state index contributed by atoms with van der Waals surface area (Å²) in [6.45, 7) is 2.24. The number of benzene rings is 1. The van der Waals surface area contributed by atoms with Gasteiger partial charge in [0.15, 0.2) is 0 Å². The van der Waals surface area contributed by atoms with Crippen LogP contribution in [-0.2, 0) is 0 Å². The molecule has 1 heterocycles. The topological polar surface area (TPSA) is 43.8 Å². The summed E-state index contributed by atoms with van der Waals surface area (Å²) in [6, 6.07) is 6.27. The molecule has 0 radical (unpaired) electrons. The van der Waals surface area contributed by atoms with Crippen molar-refractivity contribution in [1.29, 1.82) is 0 Å². The van der Waals surface area contributed by atoms with Crippen LogP contribution >= 0.6 is 11.6 Å². The molecule has 1 unspecified atom stereocenters. The first-order chi connectivity index (χ1) is 8.68. The zero-order chi connectivity index (χ0) is 12.7. The van der Waals surface area contributed by atoms with E-state index in [0.29, 0.717) is 22.9 Å². The predicted octanol–water partition coefficient (Wildman–Crippen LogP) is 4.02. The molecule has 1 fully saturated rings. The lowest BCUT2D eigenvalue weighted by Gasteiger charge is -2.22. The quantitative estimate of drug-likeness (QED) is 0.889. The molecule has 1 aliphatic rings. The third-order valence-electron chi connectivity index (χ3n) is 4.19. The number of nitrogens with two attached hydrogens (primary N) is 1. The van der Waals surface area contributed by atoms with Crippen LogP contribution in [0.5, 0.6) is 0 Å². The predicted molar refractivity (Wildman–Crippen MR) is 75.8 cm³/mol. The standard InChI is InChI=1S/C14H18ClN3/c1-9(10-5-2-3-6-10)18-12-8-4-7-11(15)13(12)17-14(18)16/h4,7-10H,2-3,5-6H2,1H3,(H2,16,17). The van der Waals surface area contributed by atoms with Gasteiger partial charge in [-0.2, -0.15) is 0 Å². The second kappa shape index (κ2) is 4.47. The van der Waals surface area contributed by atoms with E-state index in [4.69, 9.17) is 17.3 Å². The van der Waals surface area contributed by atoms with Crippen molar-refractivity contribution in [2.45, 2.75) is 38.6 Å². The van der Waals surface area contributed by atoms with Crippen LogP contribution in [0.2, 0.25) is 5.02 Å². The Balaban J connectivity index is 2.10. The number of hydrogen-bond acceptors (Lipinski definition) is 2. The van der Waals surface area contributed by atoms with Gasteiger partial charge in [-0.25, -0.2) is 4.98 Å². The number of nitrogens with zero attached hydrogens (tertiary/aromatic N) is 2. The molecule has 1 atom stereocenters. The molecule has 2 N–H and O–H groups in total. The molecule has 1 aliphatic carbocycles. The maximum atomic E-state index is 6.18. The molecule has 3 nitrogen and oxygen atoms in total. The zero-order valence-electron chi connectivity index (χ0n) is 10.6. The largest absolute Gasteiger partial charge is 0.369 e. The number of halogens is 1. The average molecular weight is 264 g/mol. The van der Waals surface area contributed by atoms with Crippen molar-refractivity contribution in [3.05, 3.63) is 23.2 Å². The van der Waals surface area contributed by atoms with E-state index in [0.717, 1.165) is 11.0 Å². The highest BCUT2D eigenvalue weighted by atomic mass is 35.5. The van der Waals surface area contributed by atoms with Gasteiger partial charge in [-0.05, 0) is 37.8 Å². The fourth-order valence-corrected chi connectivity index (χ4v) is 3.39.